The van der Waals surface area contributed by atoms with Crippen molar-refractivity contribution in [1.29, 1.82) is 0 Å². The molecule has 1 aliphatic heterocycles. The Morgan fingerprint density at radius 2 is 2.22 bits per heavy atom. The summed E-state index contributed by atoms with van der Waals surface area (Å²) >= 11 is 0. The number of aromatic nitrogens is 2. The summed E-state index contributed by atoms with van der Waals surface area (Å²) < 4.78 is 20.6. The van der Waals surface area contributed by atoms with Crippen molar-refractivity contribution in [3.63, 3.8) is 0 Å². The highest BCUT2D eigenvalue weighted by molar-refractivity contribution is 5.76. The second-order valence-electron chi connectivity index (χ2n) is 5.62. The number of alkyl halides is 1. The van der Waals surface area contributed by atoms with Crippen LogP contribution in [0.4, 0.5) is 4.39 Å². The summed E-state index contributed by atoms with van der Waals surface area (Å²) in [6.45, 7) is 1.40. The highest BCUT2D eigenvalue weighted by Crippen LogP contribution is 2.17. The van der Waals surface area contributed by atoms with Crippen LogP contribution in [0.3, 0.4) is 0 Å². The predicted octanol–water partition coefficient (Wildman–Crippen LogP) is 2.17. The topological polar surface area (TPSA) is 47.4 Å². The molecular formula is C17H20FN3O2. The van der Waals surface area contributed by atoms with E-state index in [9.17, 15) is 9.18 Å². The fourth-order valence-electron chi connectivity index (χ4n) is 2.78. The Kier molecular flexibility index (Phi) is 5.02. The fourth-order valence-corrected chi connectivity index (χ4v) is 2.78. The van der Waals surface area contributed by atoms with Crippen LogP contribution in [-0.2, 0) is 29.2 Å². The molecular weight excluding hydrogens is 297 g/mol. The van der Waals surface area contributed by atoms with Crippen molar-refractivity contribution in [3.05, 3.63) is 54.1 Å². The number of amides is 1. The van der Waals surface area contributed by atoms with Gasteiger partial charge >= 0.3 is 0 Å². The maximum atomic E-state index is 12.5. The van der Waals surface area contributed by atoms with Gasteiger partial charge in [0, 0.05) is 24.6 Å². The van der Waals surface area contributed by atoms with Gasteiger partial charge < -0.3 is 14.2 Å². The zero-order chi connectivity index (χ0) is 16.1. The summed E-state index contributed by atoms with van der Waals surface area (Å²) in [6, 6.07) is 9.62. The van der Waals surface area contributed by atoms with Crippen LogP contribution in [0, 0.1) is 0 Å². The number of halogens is 1. The maximum Gasteiger partial charge on any atom is 0.225 e. The van der Waals surface area contributed by atoms with Gasteiger partial charge in [0.2, 0.25) is 5.91 Å². The molecule has 0 aromatic carbocycles. The SMILES string of the molecule is O=C(CCF)N1Cc2cccn2CC(OCc2ccccn2)C1. The number of hydrogen-bond acceptors (Lipinski definition) is 3. The Morgan fingerprint density at radius 1 is 1.30 bits per heavy atom. The zero-order valence-corrected chi connectivity index (χ0v) is 12.9. The van der Waals surface area contributed by atoms with Crippen LogP contribution in [0.15, 0.2) is 42.7 Å². The Balaban J connectivity index is 1.70. The molecule has 6 heteroatoms. The number of rotatable bonds is 5. The van der Waals surface area contributed by atoms with Crippen molar-refractivity contribution in [2.75, 3.05) is 13.2 Å². The summed E-state index contributed by atoms with van der Waals surface area (Å²) in [6.07, 6.45) is 3.49. The van der Waals surface area contributed by atoms with E-state index in [0.29, 0.717) is 26.2 Å². The molecule has 23 heavy (non-hydrogen) atoms. The Labute approximate surface area is 134 Å². The number of fused-ring (bicyclic) bond motifs is 1. The Bertz CT molecular complexity index is 644. The zero-order valence-electron chi connectivity index (χ0n) is 12.9. The number of nitrogens with zero attached hydrogens (tertiary/aromatic N) is 3. The molecule has 0 radical (unpaired) electrons. The van der Waals surface area contributed by atoms with E-state index in [4.69, 9.17) is 4.74 Å². The van der Waals surface area contributed by atoms with Crippen molar-refractivity contribution >= 4 is 5.91 Å². The molecule has 2 aromatic rings. The second kappa shape index (κ2) is 7.37. The van der Waals surface area contributed by atoms with Crippen LogP contribution in [0.5, 0.6) is 0 Å². The van der Waals surface area contributed by atoms with E-state index in [1.54, 1.807) is 11.1 Å². The van der Waals surface area contributed by atoms with Gasteiger partial charge in [-0.05, 0) is 24.3 Å². The molecule has 0 bridgehead atoms. The van der Waals surface area contributed by atoms with Gasteiger partial charge in [0.25, 0.3) is 0 Å². The first-order chi connectivity index (χ1) is 11.3. The maximum absolute atomic E-state index is 12.5. The van der Waals surface area contributed by atoms with Crippen molar-refractivity contribution in [2.24, 2.45) is 0 Å². The molecule has 0 saturated heterocycles. The number of pyridine rings is 1. The van der Waals surface area contributed by atoms with Crippen LogP contribution in [0.2, 0.25) is 0 Å². The summed E-state index contributed by atoms with van der Waals surface area (Å²) in [5.74, 6) is -0.173. The van der Waals surface area contributed by atoms with E-state index in [1.807, 2.05) is 36.5 Å². The summed E-state index contributed by atoms with van der Waals surface area (Å²) in [5.41, 5.74) is 1.90. The third-order valence-corrected chi connectivity index (χ3v) is 3.95. The number of carbonyl (C=O) groups is 1. The van der Waals surface area contributed by atoms with Gasteiger partial charge in [-0.1, -0.05) is 6.07 Å². The predicted molar refractivity (Wildman–Crippen MR) is 83.3 cm³/mol. The molecule has 0 spiro atoms. The third kappa shape index (κ3) is 3.96. The lowest BCUT2D eigenvalue weighted by Crippen LogP contribution is -2.37. The van der Waals surface area contributed by atoms with E-state index in [0.717, 1.165) is 11.4 Å². The van der Waals surface area contributed by atoms with Crippen molar-refractivity contribution < 1.29 is 13.9 Å². The quantitative estimate of drug-likeness (QED) is 0.849. The number of ether oxygens (including phenoxy) is 1. The highest BCUT2D eigenvalue weighted by Gasteiger charge is 2.25. The first-order valence-corrected chi connectivity index (χ1v) is 7.75. The van der Waals surface area contributed by atoms with E-state index in [-0.39, 0.29) is 18.4 Å². The molecule has 122 valence electrons. The van der Waals surface area contributed by atoms with Crippen LogP contribution in [-0.4, -0.2) is 39.7 Å². The molecule has 1 amide bonds. The lowest BCUT2D eigenvalue weighted by atomic mass is 10.3. The number of carbonyl (C=O) groups excluding carboxylic acids is 1. The van der Waals surface area contributed by atoms with Gasteiger partial charge in [0.15, 0.2) is 0 Å². The lowest BCUT2D eigenvalue weighted by molar-refractivity contribution is -0.134. The van der Waals surface area contributed by atoms with Gasteiger partial charge in [0.05, 0.1) is 44.6 Å². The average Bonchev–Trinajstić information content (AvgIpc) is 2.92. The number of hydrogen-bond donors (Lipinski definition) is 0. The van der Waals surface area contributed by atoms with Gasteiger partial charge in [-0.2, -0.15) is 0 Å². The summed E-state index contributed by atoms with van der Waals surface area (Å²) in [5, 5.41) is 0. The van der Waals surface area contributed by atoms with Crippen LogP contribution in [0.25, 0.3) is 0 Å². The van der Waals surface area contributed by atoms with Gasteiger partial charge in [-0.15, -0.1) is 0 Å². The van der Waals surface area contributed by atoms with Crippen molar-refractivity contribution in [2.45, 2.75) is 32.2 Å². The van der Waals surface area contributed by atoms with Crippen LogP contribution >= 0.6 is 0 Å². The molecule has 1 unspecified atom stereocenters. The van der Waals surface area contributed by atoms with E-state index >= 15 is 0 Å². The molecule has 0 aliphatic carbocycles. The molecule has 2 aromatic heterocycles. The minimum atomic E-state index is -0.629. The summed E-state index contributed by atoms with van der Waals surface area (Å²) in [4.78, 5) is 18.0. The lowest BCUT2D eigenvalue weighted by Gasteiger charge is -2.24. The minimum absolute atomic E-state index is 0.0757. The molecule has 0 saturated carbocycles. The fraction of sp³-hybridized carbons (Fsp3) is 0.412. The average molecular weight is 317 g/mol. The third-order valence-electron chi connectivity index (χ3n) is 3.95. The monoisotopic (exact) mass is 317 g/mol. The van der Waals surface area contributed by atoms with Crippen LogP contribution < -0.4 is 0 Å². The normalized spacial score (nSPS) is 17.6. The standard InChI is InChI=1S/C17H20FN3O2/c18-7-6-17(22)21-10-15-5-3-9-20(15)11-16(12-21)23-13-14-4-1-2-8-19-14/h1-5,8-9,16H,6-7,10-13H2. The van der Waals surface area contributed by atoms with Gasteiger partial charge in [-0.25, -0.2) is 0 Å². The Hall–Kier alpha value is -2.21. The smallest absolute Gasteiger partial charge is 0.225 e. The Morgan fingerprint density at radius 3 is 3.00 bits per heavy atom. The second-order valence-corrected chi connectivity index (χ2v) is 5.62. The van der Waals surface area contributed by atoms with Crippen molar-refractivity contribution in [1.82, 2.24) is 14.5 Å². The first-order valence-electron chi connectivity index (χ1n) is 7.75. The molecule has 0 N–H and O–H groups in total. The highest BCUT2D eigenvalue weighted by atomic mass is 19.1. The molecule has 1 atom stereocenters. The largest absolute Gasteiger partial charge is 0.368 e. The molecule has 0 fully saturated rings. The summed E-state index contributed by atoms with van der Waals surface area (Å²) in [7, 11) is 0. The van der Waals surface area contributed by atoms with Crippen LogP contribution in [0.1, 0.15) is 17.8 Å². The van der Waals surface area contributed by atoms with Crippen molar-refractivity contribution in [3.8, 4) is 0 Å². The van der Waals surface area contributed by atoms with E-state index in [2.05, 4.69) is 9.55 Å². The molecule has 3 rings (SSSR count). The van der Waals surface area contributed by atoms with E-state index < -0.39 is 6.67 Å². The minimum Gasteiger partial charge on any atom is -0.368 e. The van der Waals surface area contributed by atoms with Gasteiger partial charge in [0.1, 0.15) is 0 Å². The van der Waals surface area contributed by atoms with Gasteiger partial charge in [-0.3, -0.25) is 14.2 Å². The first kappa shape index (κ1) is 15.7. The van der Waals surface area contributed by atoms with E-state index in [1.165, 1.54) is 0 Å². The molecule has 5 nitrogen and oxygen atoms in total. The molecule has 1 aliphatic rings. The molecule has 3 heterocycles.